The fraction of sp³-hybridized carbons (Fsp3) is 0.455. The molecule has 0 spiro atoms. The third-order valence-electron chi connectivity index (χ3n) is 1.90. The minimum atomic E-state index is 0.531. The smallest absolute Gasteiger partial charge is 0.121 e. The molecular formula is C11H18N2O2. The zero-order valence-electron chi connectivity index (χ0n) is 9.03. The normalized spacial score (nSPS) is 10.2. The molecule has 0 aliphatic carbocycles. The van der Waals surface area contributed by atoms with Crippen LogP contribution in [0.3, 0.4) is 0 Å². The van der Waals surface area contributed by atoms with E-state index in [1.165, 1.54) is 0 Å². The summed E-state index contributed by atoms with van der Waals surface area (Å²) in [5, 5.41) is 0. The highest BCUT2D eigenvalue weighted by molar-refractivity contribution is 5.65. The Kier molecular flexibility index (Phi) is 4.77. The maximum absolute atomic E-state index is 5.64. The number of rotatable bonds is 6. The van der Waals surface area contributed by atoms with Crippen LogP contribution >= 0.6 is 0 Å². The minimum absolute atomic E-state index is 0.531. The lowest BCUT2D eigenvalue weighted by molar-refractivity contribution is 0.101. The van der Waals surface area contributed by atoms with E-state index >= 15 is 0 Å². The molecule has 0 fully saturated rings. The second-order valence-corrected chi connectivity index (χ2v) is 3.25. The Morgan fingerprint density at radius 1 is 1.07 bits per heavy atom. The molecule has 0 amide bonds. The van der Waals surface area contributed by atoms with Crippen molar-refractivity contribution in [2.24, 2.45) is 0 Å². The van der Waals surface area contributed by atoms with E-state index in [4.69, 9.17) is 20.9 Å². The van der Waals surface area contributed by atoms with Crippen LogP contribution < -0.4 is 16.2 Å². The largest absolute Gasteiger partial charge is 0.491 e. The summed E-state index contributed by atoms with van der Waals surface area (Å²) in [6, 6.07) is 5.25. The molecule has 1 rings (SSSR count). The van der Waals surface area contributed by atoms with Gasteiger partial charge in [0, 0.05) is 12.7 Å². The van der Waals surface area contributed by atoms with E-state index in [1.54, 1.807) is 18.2 Å². The molecule has 0 heterocycles. The van der Waals surface area contributed by atoms with Gasteiger partial charge in [0.25, 0.3) is 0 Å². The molecule has 0 saturated carbocycles. The van der Waals surface area contributed by atoms with Crippen LogP contribution in [0.2, 0.25) is 0 Å². The average Bonchev–Trinajstić information content (AvgIpc) is 2.23. The van der Waals surface area contributed by atoms with Crippen LogP contribution in [0.4, 0.5) is 11.4 Å². The van der Waals surface area contributed by atoms with Crippen molar-refractivity contribution in [2.75, 3.05) is 31.3 Å². The molecule has 1 aromatic carbocycles. The summed E-state index contributed by atoms with van der Waals surface area (Å²) >= 11 is 0. The van der Waals surface area contributed by atoms with Gasteiger partial charge in [-0.1, -0.05) is 6.92 Å². The number of benzene rings is 1. The topological polar surface area (TPSA) is 70.5 Å². The average molecular weight is 210 g/mol. The highest BCUT2D eigenvalue weighted by atomic mass is 16.5. The molecule has 0 aromatic heterocycles. The third-order valence-corrected chi connectivity index (χ3v) is 1.90. The van der Waals surface area contributed by atoms with Crippen molar-refractivity contribution in [1.82, 2.24) is 0 Å². The SMILES string of the molecule is CCCOCCOc1ccc(N)c(N)c1. The van der Waals surface area contributed by atoms with Gasteiger partial charge in [0.2, 0.25) is 0 Å². The first-order chi connectivity index (χ1) is 7.24. The molecule has 4 heteroatoms. The third kappa shape index (κ3) is 4.08. The van der Waals surface area contributed by atoms with Crippen molar-refractivity contribution in [3.05, 3.63) is 18.2 Å². The number of ether oxygens (including phenoxy) is 2. The van der Waals surface area contributed by atoms with Crippen LogP contribution in [0, 0.1) is 0 Å². The van der Waals surface area contributed by atoms with Crippen molar-refractivity contribution in [2.45, 2.75) is 13.3 Å². The highest BCUT2D eigenvalue weighted by Gasteiger charge is 1.97. The number of hydrogen-bond acceptors (Lipinski definition) is 4. The van der Waals surface area contributed by atoms with E-state index in [9.17, 15) is 0 Å². The molecule has 0 atom stereocenters. The van der Waals surface area contributed by atoms with E-state index < -0.39 is 0 Å². The Balaban J connectivity index is 2.28. The van der Waals surface area contributed by atoms with Gasteiger partial charge in [-0.2, -0.15) is 0 Å². The molecule has 0 bridgehead atoms. The Hall–Kier alpha value is -1.42. The lowest BCUT2D eigenvalue weighted by Crippen LogP contribution is -2.07. The van der Waals surface area contributed by atoms with Gasteiger partial charge in [-0.15, -0.1) is 0 Å². The second-order valence-electron chi connectivity index (χ2n) is 3.25. The van der Waals surface area contributed by atoms with Crippen LogP contribution in [0.1, 0.15) is 13.3 Å². The predicted molar refractivity (Wildman–Crippen MR) is 61.9 cm³/mol. The van der Waals surface area contributed by atoms with Crippen molar-refractivity contribution < 1.29 is 9.47 Å². The van der Waals surface area contributed by atoms with Crippen LogP contribution in [0.5, 0.6) is 5.75 Å². The fourth-order valence-corrected chi connectivity index (χ4v) is 1.11. The molecule has 0 saturated heterocycles. The van der Waals surface area contributed by atoms with Crippen molar-refractivity contribution in [1.29, 1.82) is 0 Å². The maximum atomic E-state index is 5.64. The van der Waals surface area contributed by atoms with E-state index in [2.05, 4.69) is 6.92 Å². The monoisotopic (exact) mass is 210 g/mol. The van der Waals surface area contributed by atoms with Crippen molar-refractivity contribution >= 4 is 11.4 Å². The van der Waals surface area contributed by atoms with Gasteiger partial charge in [-0.05, 0) is 18.6 Å². The van der Waals surface area contributed by atoms with E-state index in [0.717, 1.165) is 18.8 Å². The predicted octanol–water partition coefficient (Wildman–Crippen LogP) is 1.66. The molecule has 0 aliphatic heterocycles. The second kappa shape index (κ2) is 6.14. The summed E-state index contributed by atoms with van der Waals surface area (Å²) in [6.07, 6.45) is 1.02. The Labute approximate surface area is 90.2 Å². The molecule has 0 aliphatic rings. The summed E-state index contributed by atoms with van der Waals surface area (Å²) in [7, 11) is 0. The summed E-state index contributed by atoms with van der Waals surface area (Å²) in [4.78, 5) is 0. The molecule has 84 valence electrons. The minimum Gasteiger partial charge on any atom is -0.491 e. The van der Waals surface area contributed by atoms with Gasteiger partial charge in [0.15, 0.2) is 0 Å². The van der Waals surface area contributed by atoms with Gasteiger partial charge in [-0.25, -0.2) is 0 Å². The summed E-state index contributed by atoms with van der Waals surface area (Å²) in [5.74, 6) is 0.724. The van der Waals surface area contributed by atoms with E-state index in [-0.39, 0.29) is 0 Å². The van der Waals surface area contributed by atoms with Crippen molar-refractivity contribution in [3.8, 4) is 5.75 Å². The van der Waals surface area contributed by atoms with Crippen LogP contribution in [0.25, 0.3) is 0 Å². The molecule has 1 aromatic rings. The van der Waals surface area contributed by atoms with Crippen molar-refractivity contribution in [3.63, 3.8) is 0 Å². The van der Waals surface area contributed by atoms with Crippen LogP contribution in [0.15, 0.2) is 18.2 Å². The highest BCUT2D eigenvalue weighted by Crippen LogP contribution is 2.21. The Morgan fingerprint density at radius 3 is 2.53 bits per heavy atom. The van der Waals surface area contributed by atoms with E-state index in [1.807, 2.05) is 0 Å². The summed E-state index contributed by atoms with van der Waals surface area (Å²) in [6.45, 7) is 3.97. The quantitative estimate of drug-likeness (QED) is 0.553. The first kappa shape index (κ1) is 11.7. The Bertz CT molecular complexity index is 303. The number of anilines is 2. The molecule has 4 nitrogen and oxygen atoms in total. The number of hydrogen-bond donors (Lipinski definition) is 2. The molecule has 0 unspecified atom stereocenters. The maximum Gasteiger partial charge on any atom is 0.121 e. The lowest BCUT2D eigenvalue weighted by atomic mass is 10.2. The van der Waals surface area contributed by atoms with Gasteiger partial charge >= 0.3 is 0 Å². The van der Waals surface area contributed by atoms with Crippen LogP contribution in [-0.4, -0.2) is 19.8 Å². The van der Waals surface area contributed by atoms with Gasteiger partial charge in [0.05, 0.1) is 18.0 Å². The molecule has 0 radical (unpaired) electrons. The number of nitrogens with two attached hydrogens (primary N) is 2. The molecular weight excluding hydrogens is 192 g/mol. The van der Waals surface area contributed by atoms with Gasteiger partial charge in [0.1, 0.15) is 12.4 Å². The lowest BCUT2D eigenvalue weighted by Gasteiger charge is -2.08. The van der Waals surface area contributed by atoms with E-state index in [0.29, 0.717) is 24.6 Å². The molecule has 15 heavy (non-hydrogen) atoms. The number of nitrogen functional groups attached to an aromatic ring is 2. The Morgan fingerprint density at radius 2 is 1.87 bits per heavy atom. The zero-order valence-corrected chi connectivity index (χ0v) is 9.03. The zero-order chi connectivity index (χ0) is 11.1. The fourth-order valence-electron chi connectivity index (χ4n) is 1.11. The molecule has 4 N–H and O–H groups in total. The van der Waals surface area contributed by atoms with Gasteiger partial charge < -0.3 is 20.9 Å². The summed E-state index contributed by atoms with van der Waals surface area (Å²) in [5.41, 5.74) is 12.3. The van der Waals surface area contributed by atoms with Crippen LogP contribution in [-0.2, 0) is 4.74 Å². The first-order valence-electron chi connectivity index (χ1n) is 5.09. The first-order valence-corrected chi connectivity index (χ1v) is 5.09. The standard InChI is InChI=1S/C11H18N2O2/c1-2-5-14-6-7-15-9-3-4-10(12)11(13)8-9/h3-4,8H,2,5-7,12-13H2,1H3. The summed E-state index contributed by atoms with van der Waals surface area (Å²) < 4.78 is 10.7. The van der Waals surface area contributed by atoms with Gasteiger partial charge in [-0.3, -0.25) is 0 Å².